The van der Waals surface area contributed by atoms with Gasteiger partial charge in [0.15, 0.2) is 11.6 Å². The van der Waals surface area contributed by atoms with Crippen molar-refractivity contribution < 1.29 is 19.7 Å². The second-order valence-electron chi connectivity index (χ2n) is 2.73. The fraction of sp³-hybridized carbons (Fsp3) is 0. The molecule has 0 bridgehead atoms. The maximum atomic E-state index is 10.4. The maximum Gasteiger partial charge on any atom is 0.570 e. The first kappa shape index (κ1) is 13.5. The summed E-state index contributed by atoms with van der Waals surface area (Å²) in [5.41, 5.74) is 3.55. The standard InChI is InChI=1S/C4H2N7O8/c12-8(13)3(9(14)15)1-5-2(7-6-1)4(10(16)17)11(18)19/h6-7H/q-1. The number of nitrogens with one attached hydrogen (secondary N) is 2. The van der Waals surface area contributed by atoms with Crippen LogP contribution in [0.4, 0.5) is 0 Å². The van der Waals surface area contributed by atoms with E-state index in [0.717, 1.165) is 0 Å². The van der Waals surface area contributed by atoms with Gasteiger partial charge in [-0.3, -0.25) is 40.5 Å². The first-order valence-electron chi connectivity index (χ1n) is 4.05. The van der Waals surface area contributed by atoms with Crippen LogP contribution in [0.5, 0.6) is 0 Å². The number of hydrazine groups is 1. The molecule has 0 aliphatic carbocycles. The van der Waals surface area contributed by atoms with Crippen LogP contribution in [0.15, 0.2) is 23.3 Å². The van der Waals surface area contributed by atoms with E-state index in [1.54, 1.807) is 10.9 Å². The van der Waals surface area contributed by atoms with E-state index in [1.165, 1.54) is 0 Å². The second kappa shape index (κ2) is 4.77. The zero-order valence-electron chi connectivity index (χ0n) is 8.50. The van der Waals surface area contributed by atoms with Gasteiger partial charge in [0.05, 0.1) is 0 Å². The lowest BCUT2D eigenvalue weighted by Crippen LogP contribution is -2.26. The largest absolute Gasteiger partial charge is 0.570 e. The van der Waals surface area contributed by atoms with Crippen LogP contribution in [-0.4, -0.2) is 19.7 Å². The summed E-state index contributed by atoms with van der Waals surface area (Å²) in [6.45, 7) is 0. The molecule has 1 rings (SSSR count). The van der Waals surface area contributed by atoms with Crippen molar-refractivity contribution in [1.29, 1.82) is 0 Å². The Morgan fingerprint density at radius 2 is 1.00 bits per heavy atom. The summed E-state index contributed by atoms with van der Waals surface area (Å²) in [6.07, 6.45) is 0. The molecule has 0 saturated carbocycles. The molecule has 102 valence electrons. The summed E-state index contributed by atoms with van der Waals surface area (Å²) in [6, 6.07) is 0. The Balaban J connectivity index is 3.26. The molecule has 0 atom stereocenters. The van der Waals surface area contributed by atoms with Gasteiger partial charge in [0.25, 0.3) is 0 Å². The average Bonchev–Trinajstić information content (AvgIpc) is 2.64. The van der Waals surface area contributed by atoms with Crippen LogP contribution in [0.3, 0.4) is 0 Å². The van der Waals surface area contributed by atoms with Crippen molar-refractivity contribution in [3.8, 4) is 0 Å². The van der Waals surface area contributed by atoms with E-state index >= 15 is 0 Å². The smallest absolute Gasteiger partial charge is 0.401 e. The summed E-state index contributed by atoms with van der Waals surface area (Å²) < 4.78 is 0. The Morgan fingerprint density at radius 1 is 0.737 bits per heavy atom. The quantitative estimate of drug-likeness (QED) is 0.463. The molecule has 1 aliphatic rings. The first-order chi connectivity index (χ1) is 8.75. The van der Waals surface area contributed by atoms with Crippen molar-refractivity contribution >= 4 is 0 Å². The second-order valence-corrected chi connectivity index (χ2v) is 2.73. The van der Waals surface area contributed by atoms with Crippen LogP contribution in [0.1, 0.15) is 0 Å². The molecule has 1 heterocycles. The molecular formula is C4H2N7O8-. The summed E-state index contributed by atoms with van der Waals surface area (Å²) in [5.74, 6) is -5.22. The van der Waals surface area contributed by atoms with Gasteiger partial charge in [-0.05, 0) is 0 Å². The summed E-state index contributed by atoms with van der Waals surface area (Å²) >= 11 is 0. The zero-order valence-corrected chi connectivity index (χ0v) is 8.50. The van der Waals surface area contributed by atoms with Gasteiger partial charge < -0.3 is 16.2 Å². The Labute approximate surface area is 101 Å². The summed E-state index contributed by atoms with van der Waals surface area (Å²) in [5, 5.41) is 44.5. The number of hydrogen-bond donors (Lipinski definition) is 2. The lowest BCUT2D eigenvalue weighted by Gasteiger charge is -2.00. The van der Waals surface area contributed by atoms with Gasteiger partial charge in [0, 0.05) is 0 Å². The van der Waals surface area contributed by atoms with Gasteiger partial charge in [-0.1, -0.05) is 0 Å². The van der Waals surface area contributed by atoms with Gasteiger partial charge in [-0.2, -0.15) is 0 Å². The number of nitrogens with zero attached hydrogens (tertiary/aromatic N) is 5. The highest BCUT2D eigenvalue weighted by Crippen LogP contribution is 2.23. The molecular weight excluding hydrogens is 274 g/mol. The molecule has 0 spiro atoms. The minimum Gasteiger partial charge on any atom is -0.401 e. The van der Waals surface area contributed by atoms with Crippen LogP contribution < -0.4 is 10.9 Å². The molecule has 1 saturated heterocycles. The monoisotopic (exact) mass is 276 g/mol. The van der Waals surface area contributed by atoms with E-state index in [0.29, 0.717) is 0 Å². The fourth-order valence-corrected chi connectivity index (χ4v) is 0.977. The third-order valence-electron chi connectivity index (χ3n) is 1.64. The van der Waals surface area contributed by atoms with Gasteiger partial charge in [-0.25, -0.2) is 0 Å². The Morgan fingerprint density at radius 3 is 1.21 bits per heavy atom. The van der Waals surface area contributed by atoms with Gasteiger partial charge in [-0.15, -0.1) is 0 Å². The van der Waals surface area contributed by atoms with Crippen molar-refractivity contribution in [3.63, 3.8) is 0 Å². The van der Waals surface area contributed by atoms with Gasteiger partial charge in [0.2, 0.25) is 0 Å². The number of nitro groups is 4. The minimum atomic E-state index is -1.62. The fourth-order valence-electron chi connectivity index (χ4n) is 0.977. The molecule has 0 aromatic rings. The third kappa shape index (κ3) is 2.60. The van der Waals surface area contributed by atoms with Crippen LogP contribution in [0.25, 0.3) is 5.32 Å². The Kier molecular flexibility index (Phi) is 3.40. The van der Waals surface area contributed by atoms with Crippen molar-refractivity contribution in [2.24, 2.45) is 0 Å². The molecule has 0 amide bonds. The highest BCUT2D eigenvalue weighted by molar-refractivity contribution is 5.35. The predicted molar refractivity (Wildman–Crippen MR) is 51.7 cm³/mol. The normalized spacial score (nSPS) is 12.8. The lowest BCUT2D eigenvalue weighted by atomic mass is 10.6. The molecule has 15 nitrogen and oxygen atoms in total. The van der Waals surface area contributed by atoms with E-state index in [9.17, 15) is 40.5 Å². The van der Waals surface area contributed by atoms with Gasteiger partial charge in [0.1, 0.15) is 19.7 Å². The molecule has 0 aromatic heterocycles. The van der Waals surface area contributed by atoms with E-state index < -0.39 is 43.0 Å². The predicted octanol–water partition coefficient (Wildman–Crippen LogP) is -1.17. The van der Waals surface area contributed by atoms with Crippen molar-refractivity contribution in [3.05, 3.63) is 69.1 Å². The Hall–Kier alpha value is -3.52. The molecule has 15 heteroatoms. The number of hydrogen-bond acceptors (Lipinski definition) is 10. The topological polar surface area (TPSA) is 211 Å². The highest BCUT2D eigenvalue weighted by Gasteiger charge is 2.37. The SMILES string of the molecule is O=[N+]([O-])C(=C1[N-]C(=C([N+](=O)[O-])[N+](=O)[O-])NN1)[N+](=O)[O-]. The van der Waals surface area contributed by atoms with E-state index in [1.807, 2.05) is 0 Å². The minimum absolute atomic E-state index is 0.994. The third-order valence-corrected chi connectivity index (χ3v) is 1.64. The van der Waals surface area contributed by atoms with Crippen LogP contribution >= 0.6 is 0 Å². The first-order valence-corrected chi connectivity index (χ1v) is 4.05. The molecule has 0 unspecified atom stereocenters. The molecule has 0 radical (unpaired) electrons. The highest BCUT2D eigenvalue weighted by atomic mass is 16.7. The van der Waals surface area contributed by atoms with Crippen LogP contribution in [0.2, 0.25) is 0 Å². The van der Waals surface area contributed by atoms with E-state index in [4.69, 9.17) is 0 Å². The zero-order chi connectivity index (χ0) is 14.7. The summed E-state index contributed by atoms with van der Waals surface area (Å²) in [4.78, 5) is 35.8. The van der Waals surface area contributed by atoms with Crippen molar-refractivity contribution in [2.45, 2.75) is 0 Å². The van der Waals surface area contributed by atoms with Crippen molar-refractivity contribution in [2.75, 3.05) is 0 Å². The molecule has 19 heavy (non-hydrogen) atoms. The Bertz CT molecular complexity index is 467. The van der Waals surface area contributed by atoms with Gasteiger partial charge >= 0.3 is 11.6 Å². The van der Waals surface area contributed by atoms with Crippen LogP contribution in [-0.2, 0) is 0 Å². The molecule has 1 fully saturated rings. The molecule has 2 N–H and O–H groups in total. The molecule has 1 aliphatic heterocycles. The van der Waals surface area contributed by atoms with E-state index in [-0.39, 0.29) is 0 Å². The maximum absolute atomic E-state index is 10.4. The lowest BCUT2D eigenvalue weighted by molar-refractivity contribution is -0.617. The van der Waals surface area contributed by atoms with E-state index in [2.05, 4.69) is 5.32 Å². The molecule has 0 aromatic carbocycles. The summed E-state index contributed by atoms with van der Waals surface area (Å²) in [7, 11) is 0. The number of rotatable bonds is 4. The average molecular weight is 276 g/mol. The van der Waals surface area contributed by atoms with Crippen molar-refractivity contribution in [1.82, 2.24) is 10.9 Å². The van der Waals surface area contributed by atoms with Crippen LogP contribution in [0, 0.1) is 40.5 Å².